The van der Waals surface area contributed by atoms with Gasteiger partial charge in [0.25, 0.3) is 0 Å². The number of hydrogen-bond acceptors (Lipinski definition) is 6. The number of furan rings is 3. The molecule has 6 heteroatoms. The van der Waals surface area contributed by atoms with Crippen LogP contribution in [0.3, 0.4) is 0 Å². The molecule has 11 rings (SSSR count). The molecular weight excluding hydrogens is 631 g/mol. The normalized spacial score (nSPS) is 14.9. The lowest BCUT2D eigenvalue weighted by Gasteiger charge is -2.24. The predicted molar refractivity (Wildman–Crippen MR) is 206 cm³/mol. The Bertz CT molecular complexity index is 3070. The van der Waals surface area contributed by atoms with Crippen molar-refractivity contribution in [3.8, 4) is 11.1 Å². The van der Waals surface area contributed by atoms with Gasteiger partial charge in [-0.1, -0.05) is 121 Å². The molecule has 1 atom stereocenters. The van der Waals surface area contributed by atoms with E-state index in [9.17, 15) is 0 Å². The van der Waals surface area contributed by atoms with E-state index < -0.39 is 0 Å². The van der Waals surface area contributed by atoms with Crippen LogP contribution in [0, 0.1) is 0 Å². The van der Waals surface area contributed by atoms with Crippen LogP contribution in [0.1, 0.15) is 22.9 Å². The fourth-order valence-corrected chi connectivity index (χ4v) is 7.60. The summed E-state index contributed by atoms with van der Waals surface area (Å²) in [6.07, 6.45) is -0.352. The van der Waals surface area contributed by atoms with Gasteiger partial charge in [0.15, 0.2) is 5.84 Å². The summed E-state index contributed by atoms with van der Waals surface area (Å²) >= 11 is 0. The summed E-state index contributed by atoms with van der Waals surface area (Å²) in [4.78, 5) is 10.3. The minimum absolute atomic E-state index is 0.352. The summed E-state index contributed by atoms with van der Waals surface area (Å²) in [7, 11) is 0. The van der Waals surface area contributed by atoms with Crippen LogP contribution in [0.4, 0.5) is 0 Å². The third kappa shape index (κ3) is 4.30. The van der Waals surface area contributed by atoms with E-state index in [0.29, 0.717) is 5.84 Å². The maximum atomic E-state index is 6.73. The Morgan fingerprint density at radius 1 is 0.451 bits per heavy atom. The average Bonchev–Trinajstić information content (AvgIpc) is 3.89. The van der Waals surface area contributed by atoms with Crippen LogP contribution in [0.5, 0.6) is 0 Å². The van der Waals surface area contributed by atoms with Gasteiger partial charge in [0.2, 0.25) is 0 Å². The first-order valence-corrected chi connectivity index (χ1v) is 17.0. The highest BCUT2D eigenvalue weighted by atomic mass is 16.3. The molecule has 1 aliphatic heterocycles. The van der Waals surface area contributed by atoms with Crippen LogP contribution < -0.4 is 5.32 Å². The van der Waals surface area contributed by atoms with E-state index in [1.165, 1.54) is 0 Å². The maximum absolute atomic E-state index is 6.73. The molecule has 1 aliphatic rings. The van der Waals surface area contributed by atoms with Gasteiger partial charge in [-0.2, -0.15) is 0 Å². The Labute approximate surface area is 291 Å². The van der Waals surface area contributed by atoms with E-state index in [0.717, 1.165) is 99.5 Å². The third-order valence-electron chi connectivity index (χ3n) is 9.97. The molecule has 3 aromatic heterocycles. The second-order valence-corrected chi connectivity index (χ2v) is 12.9. The van der Waals surface area contributed by atoms with Crippen LogP contribution in [-0.2, 0) is 0 Å². The molecule has 0 fully saturated rings. The Morgan fingerprint density at radius 3 is 1.86 bits per heavy atom. The van der Waals surface area contributed by atoms with Crippen molar-refractivity contribution in [3.63, 3.8) is 0 Å². The molecule has 0 aliphatic carbocycles. The van der Waals surface area contributed by atoms with Crippen molar-refractivity contribution in [3.05, 3.63) is 168 Å². The van der Waals surface area contributed by atoms with Crippen molar-refractivity contribution < 1.29 is 13.3 Å². The van der Waals surface area contributed by atoms with Crippen molar-refractivity contribution >= 4 is 77.5 Å². The van der Waals surface area contributed by atoms with Crippen LogP contribution in [-0.4, -0.2) is 11.7 Å². The van der Waals surface area contributed by atoms with Gasteiger partial charge >= 0.3 is 0 Å². The fraction of sp³-hybridized carbons (Fsp3) is 0.0222. The average molecular weight is 658 g/mol. The topological polar surface area (TPSA) is 76.2 Å². The van der Waals surface area contributed by atoms with Gasteiger partial charge in [-0.3, -0.25) is 0 Å². The number of hydrogen-bond donors (Lipinski definition) is 1. The number of fused-ring (bicyclic) bond motifs is 9. The standard InChI is InChI=1S/C45H27N3O3/c1-2-11-26(12-3-1)43-46-44(27-23-24-30-28-13-4-6-20-36(28)49-39(30)25-27)48-45(47-43)35-19-10-22-38-40(35)34-18-9-17-33(42(34)51-38)32-16-8-15-31-29-14-5-7-21-37(29)50-41(31)32/h1-25,43H,(H,46,47,48). The molecule has 0 saturated carbocycles. The minimum Gasteiger partial charge on any atom is -0.456 e. The third-order valence-corrected chi connectivity index (χ3v) is 9.97. The molecule has 4 heterocycles. The zero-order valence-electron chi connectivity index (χ0n) is 27.1. The molecule has 0 amide bonds. The molecular formula is C45H27N3O3. The summed E-state index contributed by atoms with van der Waals surface area (Å²) in [6, 6.07) is 51.5. The first-order chi connectivity index (χ1) is 25.3. The Balaban J connectivity index is 1.10. The summed E-state index contributed by atoms with van der Waals surface area (Å²) in [5, 5.41) is 9.98. The van der Waals surface area contributed by atoms with Crippen LogP contribution in [0.25, 0.3) is 76.9 Å². The van der Waals surface area contributed by atoms with Gasteiger partial charge in [0, 0.05) is 54.6 Å². The lowest BCUT2D eigenvalue weighted by molar-refractivity contribution is 0.664. The molecule has 1 N–H and O–H groups in total. The SMILES string of the molecule is c1ccc(C2N=C(c3ccc4c(c3)oc3ccccc34)N=C(c3cccc4oc5c(-c6cccc7c6oc6ccccc67)cccc5c34)N2)cc1. The highest BCUT2D eigenvalue weighted by Crippen LogP contribution is 2.42. The number of amidine groups is 2. The van der Waals surface area contributed by atoms with Crippen LogP contribution in [0.2, 0.25) is 0 Å². The lowest BCUT2D eigenvalue weighted by Crippen LogP contribution is -2.33. The number of nitrogens with one attached hydrogen (secondary N) is 1. The largest absolute Gasteiger partial charge is 0.456 e. The Hall–Kier alpha value is -6.92. The molecule has 0 radical (unpaired) electrons. The second-order valence-electron chi connectivity index (χ2n) is 12.9. The van der Waals surface area contributed by atoms with E-state index in [-0.39, 0.29) is 6.17 Å². The zero-order chi connectivity index (χ0) is 33.5. The number of rotatable bonds is 4. The Morgan fingerprint density at radius 2 is 1.04 bits per heavy atom. The molecule has 0 bridgehead atoms. The van der Waals surface area contributed by atoms with Gasteiger partial charge in [-0.15, -0.1) is 0 Å². The van der Waals surface area contributed by atoms with Crippen molar-refractivity contribution in [1.82, 2.24) is 5.32 Å². The van der Waals surface area contributed by atoms with Gasteiger partial charge < -0.3 is 18.6 Å². The van der Waals surface area contributed by atoms with Crippen molar-refractivity contribution in [2.24, 2.45) is 9.98 Å². The molecule has 240 valence electrons. The van der Waals surface area contributed by atoms with E-state index in [1.54, 1.807) is 0 Å². The molecule has 0 saturated heterocycles. The summed E-state index contributed by atoms with van der Waals surface area (Å²) in [5.74, 6) is 1.35. The van der Waals surface area contributed by atoms with E-state index in [4.69, 9.17) is 23.2 Å². The van der Waals surface area contributed by atoms with Crippen LogP contribution >= 0.6 is 0 Å². The zero-order valence-corrected chi connectivity index (χ0v) is 27.1. The van der Waals surface area contributed by atoms with Gasteiger partial charge in [0.05, 0.1) is 0 Å². The van der Waals surface area contributed by atoms with Crippen LogP contribution in [0.15, 0.2) is 175 Å². The van der Waals surface area contributed by atoms with E-state index in [2.05, 4.69) is 84.2 Å². The van der Waals surface area contributed by atoms with Crippen molar-refractivity contribution in [2.45, 2.75) is 6.17 Å². The number of aliphatic imine (C=N–C) groups is 2. The van der Waals surface area contributed by atoms with Gasteiger partial charge in [-0.05, 0) is 35.9 Å². The summed E-state index contributed by atoms with van der Waals surface area (Å²) < 4.78 is 19.4. The summed E-state index contributed by atoms with van der Waals surface area (Å²) in [6.45, 7) is 0. The van der Waals surface area contributed by atoms with Gasteiger partial charge in [-0.25, -0.2) is 9.98 Å². The second kappa shape index (κ2) is 10.8. The quantitative estimate of drug-likeness (QED) is 0.204. The van der Waals surface area contributed by atoms with Gasteiger partial charge in [0.1, 0.15) is 45.5 Å². The highest BCUT2D eigenvalue weighted by molar-refractivity contribution is 6.23. The monoisotopic (exact) mass is 657 g/mol. The summed E-state index contributed by atoms with van der Waals surface area (Å²) in [5.41, 5.74) is 9.77. The molecule has 51 heavy (non-hydrogen) atoms. The maximum Gasteiger partial charge on any atom is 0.159 e. The number of nitrogens with zero attached hydrogens (tertiary/aromatic N) is 2. The van der Waals surface area contributed by atoms with Crippen molar-refractivity contribution in [2.75, 3.05) is 0 Å². The fourth-order valence-electron chi connectivity index (χ4n) is 7.60. The molecule has 6 nitrogen and oxygen atoms in total. The molecule has 7 aromatic carbocycles. The first kappa shape index (κ1) is 28.0. The number of para-hydroxylation sites is 4. The minimum atomic E-state index is -0.352. The molecule has 1 unspecified atom stereocenters. The Kier molecular flexibility index (Phi) is 5.92. The lowest BCUT2D eigenvalue weighted by atomic mass is 9.98. The molecule has 0 spiro atoms. The highest BCUT2D eigenvalue weighted by Gasteiger charge is 2.25. The first-order valence-electron chi connectivity index (χ1n) is 17.0. The van der Waals surface area contributed by atoms with Crippen molar-refractivity contribution in [1.29, 1.82) is 0 Å². The molecule has 10 aromatic rings. The number of benzene rings is 7. The predicted octanol–water partition coefficient (Wildman–Crippen LogP) is 11.5. The van der Waals surface area contributed by atoms with E-state index >= 15 is 0 Å². The van der Waals surface area contributed by atoms with E-state index in [1.807, 2.05) is 72.8 Å². The smallest absolute Gasteiger partial charge is 0.159 e.